The second-order valence-corrected chi connectivity index (χ2v) is 4.40. The average molecular weight is 184 g/mol. The number of hydrogen-bond acceptors (Lipinski definition) is 1. The Morgan fingerprint density at radius 3 is 2.15 bits per heavy atom. The summed E-state index contributed by atoms with van der Waals surface area (Å²) in [4.78, 5) is 10.8. The van der Waals surface area contributed by atoms with Crippen LogP contribution in [0.2, 0.25) is 0 Å². The van der Waals surface area contributed by atoms with Crippen LogP contribution in [0.15, 0.2) is 0 Å². The Hall–Kier alpha value is -0.330. The molecule has 78 valence electrons. The Morgan fingerprint density at radius 2 is 1.77 bits per heavy atom. The average Bonchev–Trinajstić information content (AvgIpc) is 2.11. The quantitative estimate of drug-likeness (QED) is 0.436. The molecule has 0 heterocycles. The van der Waals surface area contributed by atoms with Crippen molar-refractivity contribution in [3.05, 3.63) is 0 Å². The van der Waals surface area contributed by atoms with Crippen molar-refractivity contribution in [2.24, 2.45) is 17.8 Å². The summed E-state index contributed by atoms with van der Waals surface area (Å²) in [5, 5.41) is 0. The van der Waals surface area contributed by atoms with Gasteiger partial charge < -0.3 is 4.79 Å². The van der Waals surface area contributed by atoms with E-state index in [0.29, 0.717) is 11.8 Å². The highest BCUT2D eigenvalue weighted by Gasteiger charge is 2.18. The van der Waals surface area contributed by atoms with Gasteiger partial charge in [-0.15, -0.1) is 0 Å². The number of unbranched alkanes of at least 4 members (excludes halogenated alkanes) is 2. The highest BCUT2D eigenvalue weighted by molar-refractivity contribution is 5.53. The molecule has 13 heavy (non-hydrogen) atoms. The van der Waals surface area contributed by atoms with Crippen LogP contribution >= 0.6 is 0 Å². The smallest absolute Gasteiger partial charge is 0.123 e. The first-order chi connectivity index (χ1) is 6.13. The summed E-state index contributed by atoms with van der Waals surface area (Å²) in [6.07, 6.45) is 5.94. The van der Waals surface area contributed by atoms with Gasteiger partial charge in [0.25, 0.3) is 0 Å². The maximum Gasteiger partial charge on any atom is 0.123 e. The van der Waals surface area contributed by atoms with E-state index in [1.54, 1.807) is 0 Å². The van der Waals surface area contributed by atoms with Crippen LogP contribution in [0.5, 0.6) is 0 Å². The lowest BCUT2D eigenvalue weighted by Crippen LogP contribution is -2.18. The summed E-state index contributed by atoms with van der Waals surface area (Å²) in [5.41, 5.74) is 0. The Kier molecular flexibility index (Phi) is 6.93. The molecule has 1 nitrogen and oxygen atoms in total. The van der Waals surface area contributed by atoms with E-state index in [9.17, 15) is 4.79 Å². The summed E-state index contributed by atoms with van der Waals surface area (Å²) < 4.78 is 0. The molecule has 0 amide bonds. The van der Waals surface area contributed by atoms with E-state index in [1.165, 1.54) is 19.3 Å². The first-order valence-electron chi connectivity index (χ1n) is 5.58. The highest BCUT2D eigenvalue weighted by atomic mass is 16.1. The van der Waals surface area contributed by atoms with E-state index in [0.717, 1.165) is 12.7 Å². The molecule has 0 aliphatic rings. The molecule has 2 atom stereocenters. The molecule has 1 heteroatoms. The Balaban J connectivity index is 3.80. The molecule has 0 aliphatic carbocycles. The van der Waals surface area contributed by atoms with Crippen LogP contribution in [-0.2, 0) is 4.79 Å². The van der Waals surface area contributed by atoms with Crippen LogP contribution in [0.1, 0.15) is 53.4 Å². The molecule has 0 N–H and O–H groups in total. The fraction of sp³-hybridized carbons (Fsp3) is 0.917. The second kappa shape index (κ2) is 7.11. The van der Waals surface area contributed by atoms with Gasteiger partial charge in [0.15, 0.2) is 0 Å². The van der Waals surface area contributed by atoms with Crippen LogP contribution in [0, 0.1) is 17.8 Å². The summed E-state index contributed by atoms with van der Waals surface area (Å²) in [6.45, 7) is 8.78. The summed E-state index contributed by atoms with van der Waals surface area (Å²) in [5.74, 6) is 1.44. The molecule has 0 aromatic carbocycles. The van der Waals surface area contributed by atoms with Gasteiger partial charge in [0.1, 0.15) is 6.29 Å². The van der Waals surface area contributed by atoms with Gasteiger partial charge in [0, 0.05) is 5.92 Å². The topological polar surface area (TPSA) is 17.1 Å². The zero-order valence-electron chi connectivity index (χ0n) is 9.55. The van der Waals surface area contributed by atoms with Gasteiger partial charge in [-0.25, -0.2) is 0 Å². The maximum absolute atomic E-state index is 10.8. The predicted octanol–water partition coefficient (Wildman–Crippen LogP) is 3.67. The fourth-order valence-corrected chi connectivity index (χ4v) is 1.58. The number of aldehydes is 1. The normalized spacial score (nSPS) is 15.8. The molecular weight excluding hydrogens is 160 g/mol. The standard InChI is InChI=1S/C12H24O/c1-5-6-7-8-12(9-13)11(4)10(2)3/h9-12H,5-8H2,1-4H3. The molecule has 0 radical (unpaired) electrons. The van der Waals surface area contributed by atoms with Gasteiger partial charge in [-0.05, 0) is 18.3 Å². The largest absolute Gasteiger partial charge is 0.303 e. The van der Waals surface area contributed by atoms with Crippen molar-refractivity contribution in [2.75, 3.05) is 0 Å². The number of hydrogen-bond donors (Lipinski definition) is 0. The van der Waals surface area contributed by atoms with Crippen molar-refractivity contribution in [3.63, 3.8) is 0 Å². The van der Waals surface area contributed by atoms with Crippen molar-refractivity contribution in [1.29, 1.82) is 0 Å². The van der Waals surface area contributed by atoms with Crippen molar-refractivity contribution in [2.45, 2.75) is 53.4 Å². The number of carbonyl (C=O) groups is 1. The van der Waals surface area contributed by atoms with E-state index in [2.05, 4.69) is 27.7 Å². The minimum absolute atomic E-state index is 0.284. The van der Waals surface area contributed by atoms with Crippen molar-refractivity contribution in [1.82, 2.24) is 0 Å². The predicted molar refractivity (Wildman–Crippen MR) is 57.7 cm³/mol. The molecule has 0 aromatic rings. The monoisotopic (exact) mass is 184 g/mol. The van der Waals surface area contributed by atoms with E-state index in [1.807, 2.05) is 0 Å². The van der Waals surface area contributed by atoms with E-state index in [-0.39, 0.29) is 5.92 Å². The van der Waals surface area contributed by atoms with Crippen molar-refractivity contribution < 1.29 is 4.79 Å². The van der Waals surface area contributed by atoms with Gasteiger partial charge in [0.05, 0.1) is 0 Å². The SMILES string of the molecule is CCCCCC(C=O)C(C)C(C)C. The highest BCUT2D eigenvalue weighted by Crippen LogP contribution is 2.23. The first kappa shape index (κ1) is 12.7. The molecule has 0 saturated carbocycles. The van der Waals surface area contributed by atoms with E-state index < -0.39 is 0 Å². The number of carbonyl (C=O) groups excluding carboxylic acids is 1. The fourth-order valence-electron chi connectivity index (χ4n) is 1.58. The van der Waals surface area contributed by atoms with Gasteiger partial charge >= 0.3 is 0 Å². The van der Waals surface area contributed by atoms with Crippen LogP contribution in [0.3, 0.4) is 0 Å². The number of rotatable bonds is 7. The van der Waals surface area contributed by atoms with Crippen LogP contribution < -0.4 is 0 Å². The Bertz CT molecular complexity index is 129. The minimum Gasteiger partial charge on any atom is -0.303 e. The molecule has 0 saturated heterocycles. The summed E-state index contributed by atoms with van der Waals surface area (Å²) in [7, 11) is 0. The van der Waals surface area contributed by atoms with E-state index >= 15 is 0 Å². The molecular formula is C12H24O. The first-order valence-corrected chi connectivity index (χ1v) is 5.58. The Labute approximate surface area is 82.9 Å². The van der Waals surface area contributed by atoms with Gasteiger partial charge in [-0.1, -0.05) is 47.0 Å². The zero-order valence-corrected chi connectivity index (χ0v) is 9.55. The van der Waals surface area contributed by atoms with Crippen molar-refractivity contribution >= 4 is 6.29 Å². The molecule has 2 unspecified atom stereocenters. The zero-order chi connectivity index (χ0) is 10.3. The second-order valence-electron chi connectivity index (χ2n) is 4.40. The molecule has 0 aliphatic heterocycles. The lowest BCUT2D eigenvalue weighted by Gasteiger charge is -2.21. The summed E-state index contributed by atoms with van der Waals surface area (Å²) in [6, 6.07) is 0. The lowest BCUT2D eigenvalue weighted by molar-refractivity contribution is -0.113. The van der Waals surface area contributed by atoms with Gasteiger partial charge in [0.2, 0.25) is 0 Å². The van der Waals surface area contributed by atoms with Crippen LogP contribution in [-0.4, -0.2) is 6.29 Å². The molecule has 0 bridgehead atoms. The van der Waals surface area contributed by atoms with Crippen LogP contribution in [0.4, 0.5) is 0 Å². The molecule has 0 rings (SSSR count). The third-order valence-corrected chi connectivity index (χ3v) is 3.04. The maximum atomic E-state index is 10.8. The van der Waals surface area contributed by atoms with Crippen molar-refractivity contribution in [3.8, 4) is 0 Å². The van der Waals surface area contributed by atoms with Gasteiger partial charge in [-0.3, -0.25) is 0 Å². The molecule has 0 spiro atoms. The summed E-state index contributed by atoms with van der Waals surface area (Å²) >= 11 is 0. The van der Waals surface area contributed by atoms with Gasteiger partial charge in [-0.2, -0.15) is 0 Å². The lowest BCUT2D eigenvalue weighted by atomic mass is 9.83. The molecule has 0 fully saturated rings. The third-order valence-electron chi connectivity index (χ3n) is 3.04. The Morgan fingerprint density at radius 1 is 1.15 bits per heavy atom. The molecule has 0 aromatic heterocycles. The minimum atomic E-state index is 0.284. The van der Waals surface area contributed by atoms with E-state index in [4.69, 9.17) is 0 Å². The van der Waals surface area contributed by atoms with Crippen LogP contribution in [0.25, 0.3) is 0 Å². The third kappa shape index (κ3) is 5.07.